The molecular formula is C28H32N2O5+2. The van der Waals surface area contributed by atoms with Crippen molar-refractivity contribution in [1.29, 1.82) is 0 Å². The molecule has 2 aliphatic rings. The normalized spacial score (nSPS) is 22.2. The van der Waals surface area contributed by atoms with Gasteiger partial charge in [0.05, 0.1) is 7.11 Å². The number of ether oxygens (including phenoxy) is 1. The Balaban J connectivity index is 1.81. The van der Waals surface area contributed by atoms with Gasteiger partial charge in [0.1, 0.15) is 5.56 Å². The average Bonchev–Trinajstić information content (AvgIpc) is 3.14. The van der Waals surface area contributed by atoms with Crippen LogP contribution in [0.3, 0.4) is 0 Å². The molecule has 182 valence electrons. The van der Waals surface area contributed by atoms with Crippen LogP contribution in [-0.4, -0.2) is 29.3 Å². The third kappa shape index (κ3) is 4.27. The largest absolute Gasteiger partial charge is 0.506 e. The zero-order chi connectivity index (χ0) is 25.7. The third-order valence-electron chi connectivity index (χ3n) is 7.08. The summed E-state index contributed by atoms with van der Waals surface area (Å²) in [5, 5.41) is 18.9. The number of carbonyl (C=O) groups is 2. The fraction of sp³-hybridized carbons (Fsp3) is 0.357. The minimum Gasteiger partial charge on any atom is -0.506 e. The van der Waals surface area contributed by atoms with Crippen molar-refractivity contribution >= 4 is 23.1 Å². The molecule has 7 nitrogen and oxygen atoms in total. The number of carboxylic acid groups (broad SMARTS) is 1. The minimum absolute atomic E-state index is 0.100. The Morgan fingerprint density at radius 1 is 0.971 bits per heavy atom. The van der Waals surface area contributed by atoms with Crippen LogP contribution in [0.4, 0.5) is 0 Å². The maximum Gasteiger partial charge on any atom is 0.370 e. The molecule has 0 saturated carbocycles. The molecule has 0 radical (unpaired) electrons. The lowest BCUT2D eigenvalue weighted by Gasteiger charge is -2.35. The Bertz CT molecular complexity index is 1340. The van der Waals surface area contributed by atoms with Crippen molar-refractivity contribution in [2.24, 2.45) is 0 Å². The monoisotopic (exact) mass is 476 g/mol. The molecule has 0 bridgehead atoms. The highest BCUT2D eigenvalue weighted by Crippen LogP contribution is 2.52. The first-order valence-electron chi connectivity index (χ1n) is 11.5. The first-order chi connectivity index (χ1) is 16.4. The van der Waals surface area contributed by atoms with Crippen LogP contribution < -0.4 is 9.13 Å². The second kappa shape index (κ2) is 8.48. The summed E-state index contributed by atoms with van der Waals surface area (Å²) in [7, 11) is 1.34. The Morgan fingerprint density at radius 2 is 1.60 bits per heavy atom. The van der Waals surface area contributed by atoms with Gasteiger partial charge in [-0.15, -0.1) is 0 Å². The molecule has 7 heteroatoms. The summed E-state index contributed by atoms with van der Waals surface area (Å²) in [5.74, 6) is -1.36. The van der Waals surface area contributed by atoms with Crippen molar-refractivity contribution in [2.75, 3.05) is 7.11 Å². The molecule has 2 N–H and O–H groups in total. The lowest BCUT2D eigenvalue weighted by molar-refractivity contribution is -0.691. The number of aliphatic hydroxyl groups excluding tert-OH is 1. The third-order valence-corrected chi connectivity index (χ3v) is 7.08. The first-order valence-corrected chi connectivity index (χ1v) is 11.5. The van der Waals surface area contributed by atoms with Crippen LogP contribution in [0.1, 0.15) is 66.7 Å². The number of fused-ring (bicyclic) bond motifs is 2. The Morgan fingerprint density at radius 3 is 2.23 bits per heavy atom. The molecule has 0 saturated heterocycles. The number of esters is 1. The van der Waals surface area contributed by atoms with Gasteiger partial charge >= 0.3 is 11.9 Å². The highest BCUT2D eigenvalue weighted by molar-refractivity contribution is 5.94. The number of aromatic nitrogens is 2. The highest BCUT2D eigenvalue weighted by atomic mass is 16.5. The van der Waals surface area contributed by atoms with Gasteiger partial charge in [-0.1, -0.05) is 32.6 Å². The molecule has 4 rings (SSSR count). The van der Waals surface area contributed by atoms with Gasteiger partial charge in [0.25, 0.3) is 0 Å². The smallest absolute Gasteiger partial charge is 0.370 e. The van der Waals surface area contributed by atoms with Crippen molar-refractivity contribution in [1.82, 2.24) is 0 Å². The van der Waals surface area contributed by atoms with Crippen molar-refractivity contribution in [3.63, 3.8) is 0 Å². The number of carboxylic acids is 1. The molecule has 0 fully saturated rings. The molecule has 2 aromatic rings. The van der Waals surface area contributed by atoms with E-state index >= 15 is 0 Å². The van der Waals surface area contributed by atoms with Crippen molar-refractivity contribution < 1.29 is 33.7 Å². The van der Waals surface area contributed by atoms with Crippen LogP contribution in [0.25, 0.3) is 11.1 Å². The molecule has 0 aromatic carbocycles. The van der Waals surface area contributed by atoms with E-state index in [4.69, 9.17) is 4.74 Å². The summed E-state index contributed by atoms with van der Waals surface area (Å²) in [6.07, 6.45) is 12.5. The number of carbonyl (C=O) groups excluding carboxylic acids is 1. The number of pyridine rings is 2. The van der Waals surface area contributed by atoms with E-state index in [-0.39, 0.29) is 17.7 Å². The van der Waals surface area contributed by atoms with E-state index in [0.29, 0.717) is 18.5 Å². The van der Waals surface area contributed by atoms with Crippen LogP contribution in [0.2, 0.25) is 0 Å². The van der Waals surface area contributed by atoms with Crippen molar-refractivity contribution in [3.8, 4) is 0 Å². The topological polar surface area (TPSA) is 91.6 Å². The van der Waals surface area contributed by atoms with E-state index in [1.165, 1.54) is 17.2 Å². The molecular weight excluding hydrogens is 444 g/mol. The quantitative estimate of drug-likeness (QED) is 0.362. The zero-order valence-electron chi connectivity index (χ0n) is 20.9. The lowest BCUT2D eigenvalue weighted by Crippen LogP contribution is -2.40. The fourth-order valence-corrected chi connectivity index (χ4v) is 6.04. The number of hydrogen-bond acceptors (Lipinski definition) is 4. The van der Waals surface area contributed by atoms with Crippen LogP contribution >= 0.6 is 0 Å². The summed E-state index contributed by atoms with van der Waals surface area (Å²) < 4.78 is 8.54. The van der Waals surface area contributed by atoms with E-state index < -0.39 is 17.4 Å². The molecule has 35 heavy (non-hydrogen) atoms. The predicted octanol–water partition coefficient (Wildman–Crippen LogP) is 3.64. The van der Waals surface area contributed by atoms with E-state index in [1.54, 1.807) is 6.20 Å². The molecule has 2 atom stereocenters. The van der Waals surface area contributed by atoms with Gasteiger partial charge in [0, 0.05) is 28.0 Å². The maximum absolute atomic E-state index is 12.9. The summed E-state index contributed by atoms with van der Waals surface area (Å²) >= 11 is 0. The molecule has 0 spiro atoms. The summed E-state index contributed by atoms with van der Waals surface area (Å²) in [6, 6.07) is 2.09. The number of allylic oxidation sites excluding steroid dienone is 5. The SMILES string of the molecule is C=C(O)C[n+]1ccc2c(c1)C(C)=CC2(C)CC1(C)C=C(C)c2c[n+](CC(=O)O)cc(C(=O)OC)c21. The number of aliphatic carboxylic acids is 1. The Kier molecular flexibility index (Phi) is 5.91. The van der Waals surface area contributed by atoms with Gasteiger partial charge < -0.3 is 14.9 Å². The van der Waals surface area contributed by atoms with E-state index in [1.807, 2.05) is 30.1 Å². The van der Waals surface area contributed by atoms with Gasteiger partial charge in [-0.3, -0.25) is 0 Å². The number of hydrogen-bond donors (Lipinski definition) is 2. The molecule has 0 aliphatic heterocycles. The molecule has 2 aromatic heterocycles. The Hall–Kier alpha value is -3.74. The number of methoxy groups -OCH3 is 1. The number of nitrogens with zero attached hydrogens (tertiary/aromatic N) is 2. The van der Waals surface area contributed by atoms with Gasteiger partial charge in [0.15, 0.2) is 30.5 Å². The van der Waals surface area contributed by atoms with Crippen LogP contribution in [-0.2, 0) is 33.5 Å². The summed E-state index contributed by atoms with van der Waals surface area (Å²) in [4.78, 5) is 24.2. The predicted molar refractivity (Wildman–Crippen MR) is 131 cm³/mol. The van der Waals surface area contributed by atoms with Crippen molar-refractivity contribution in [3.05, 3.63) is 83.2 Å². The number of aliphatic hydroxyl groups is 1. The van der Waals surface area contributed by atoms with Crippen LogP contribution in [0.5, 0.6) is 0 Å². The van der Waals surface area contributed by atoms with Gasteiger partial charge in [-0.25, -0.2) is 9.59 Å². The van der Waals surface area contributed by atoms with E-state index in [2.05, 4.69) is 45.6 Å². The van der Waals surface area contributed by atoms with Crippen LogP contribution in [0.15, 0.2) is 55.3 Å². The number of rotatable bonds is 7. The average molecular weight is 477 g/mol. The zero-order valence-corrected chi connectivity index (χ0v) is 20.9. The fourth-order valence-electron chi connectivity index (χ4n) is 6.04. The second-order valence-corrected chi connectivity index (χ2v) is 10.2. The molecule has 2 heterocycles. The standard InChI is InChI=1S/C28H30N2O5/c1-17-9-27(4,23-7-8-29(11-19(3)31)12-20(17)23)16-28(5)10-18(2)21-13-30(15-24(32)33)14-22(25(21)28)26(34)35-6/h7-10,12-14H,3,11,15-16H2,1-2,4-6H3/p+2. The van der Waals surface area contributed by atoms with E-state index in [9.17, 15) is 19.8 Å². The van der Waals surface area contributed by atoms with E-state index in [0.717, 1.165) is 27.8 Å². The van der Waals surface area contributed by atoms with Gasteiger partial charge in [-0.2, -0.15) is 9.13 Å². The van der Waals surface area contributed by atoms with Gasteiger partial charge in [0.2, 0.25) is 13.1 Å². The first kappa shape index (κ1) is 24.4. The van der Waals surface area contributed by atoms with Crippen LogP contribution in [0, 0.1) is 0 Å². The minimum atomic E-state index is -0.981. The highest BCUT2D eigenvalue weighted by Gasteiger charge is 2.46. The lowest BCUT2D eigenvalue weighted by atomic mass is 9.68. The molecule has 0 amide bonds. The maximum atomic E-state index is 12.9. The second-order valence-electron chi connectivity index (χ2n) is 10.2. The van der Waals surface area contributed by atoms with Crippen molar-refractivity contribution in [2.45, 2.75) is 58.0 Å². The summed E-state index contributed by atoms with van der Waals surface area (Å²) in [6.45, 7) is 12.1. The van der Waals surface area contributed by atoms with Gasteiger partial charge in [-0.05, 0) is 42.5 Å². The molecule has 2 aliphatic carbocycles. The molecule has 2 unspecified atom stereocenters. The summed E-state index contributed by atoms with van der Waals surface area (Å²) in [5.41, 5.74) is 5.80. The Labute approximate surface area is 205 Å².